The van der Waals surface area contributed by atoms with Gasteiger partial charge in [-0.3, -0.25) is 19.3 Å². The molecule has 0 atom stereocenters. The molecule has 0 fully saturated rings. The normalized spacial score (nSPS) is 9.40. The van der Waals surface area contributed by atoms with Crippen LogP contribution in [0.3, 0.4) is 0 Å². The van der Waals surface area contributed by atoms with E-state index in [1.807, 2.05) is 39.8 Å². The Kier molecular flexibility index (Phi) is 47.2. The van der Waals surface area contributed by atoms with Crippen molar-refractivity contribution < 1.29 is 138 Å². The third-order valence-corrected chi connectivity index (χ3v) is 6.49. The number of ether oxygens (including phenoxy) is 1. The summed E-state index contributed by atoms with van der Waals surface area (Å²) in [6, 6.07) is 10.5. The molecule has 0 bridgehead atoms. The molecule has 0 unspecified atom stereocenters. The van der Waals surface area contributed by atoms with Crippen molar-refractivity contribution in [2.75, 3.05) is 19.6 Å². The maximum Gasteiger partial charge on any atom is 1.00 e. The third kappa shape index (κ3) is 44.1. The Bertz CT molecular complexity index is 2250. The van der Waals surface area contributed by atoms with Crippen molar-refractivity contribution in [1.82, 2.24) is 10.6 Å². The molecule has 72 heavy (non-hydrogen) atoms. The molecule has 0 aliphatic carbocycles. The van der Waals surface area contributed by atoms with E-state index in [0.717, 1.165) is 56.1 Å². The van der Waals surface area contributed by atoms with Crippen LogP contribution >= 0.6 is 0 Å². The summed E-state index contributed by atoms with van der Waals surface area (Å²) in [6.45, 7) is 15.6. The van der Waals surface area contributed by atoms with Crippen molar-refractivity contribution >= 4 is 56.0 Å². The van der Waals surface area contributed by atoms with E-state index in [4.69, 9.17) is 32.6 Å². The van der Waals surface area contributed by atoms with Gasteiger partial charge in [0, 0.05) is 72.7 Å². The number of nitrogens with one attached hydrogen (secondary N) is 2. The van der Waals surface area contributed by atoms with Crippen LogP contribution in [0, 0.1) is 12.7 Å². The molecule has 383 valence electrons. The van der Waals surface area contributed by atoms with E-state index < -0.39 is 64.6 Å². The number of nitrogens with zero attached hydrogens (tertiary/aromatic N) is 9. The van der Waals surface area contributed by atoms with Crippen LogP contribution in [0.2, 0.25) is 0 Å². The van der Waals surface area contributed by atoms with Crippen molar-refractivity contribution in [3.8, 4) is 0 Å². The van der Waals surface area contributed by atoms with E-state index in [1.165, 1.54) is 11.8 Å². The first-order valence-corrected chi connectivity index (χ1v) is 19.3. The van der Waals surface area contributed by atoms with Crippen molar-refractivity contribution in [2.45, 2.75) is 86.3 Å². The molecule has 3 radical (unpaired) electrons. The standard InChI is InChI=1S/C15H23N5O2.C8H4F4O.C8H4F3N3O.C4H6O4.C3H9N.C2H3BO2.N3.2Na/c1-11-9-12(5-6-13(11)19-20-16)10-17-7-8-18-14(21)22-15(2,3)4;9-7-2-1-5(4-13)3-6(7)8(10,11)12;9-8(10,11)6-3-5(4-15)1-2-7(6)13-14-12;1-3(5)7-8-4(2)6;1-2-3-4;1-2(4)5-3;1-3-2;;/h5-6,9,17H,7-8,10H2,1-4H3,(H,18,21);1-4H;1-4H;1-2H3;2-4H2,1H3;1H3;;;/q;;;;;2*-1;2*+1. The summed E-state index contributed by atoms with van der Waals surface area (Å²) in [6.07, 6.45) is -8.21. The van der Waals surface area contributed by atoms with Crippen LogP contribution in [-0.4, -0.2) is 69.9 Å². The smallest absolute Gasteiger partial charge is 0.793 e. The van der Waals surface area contributed by atoms with Gasteiger partial charge in [-0.05, 0) is 87.1 Å². The molecule has 22 nitrogen and oxygen atoms in total. The Morgan fingerprint density at radius 1 is 0.736 bits per heavy atom. The maximum atomic E-state index is 12.6. The number of hydrogen-bond acceptors (Lipinski definition) is 14. The average Bonchev–Trinajstić information content (AvgIpc) is 3.26. The first-order chi connectivity index (χ1) is 32.5. The predicted molar refractivity (Wildman–Crippen MR) is 239 cm³/mol. The fraction of sp³-hybridized carbons (Fsp3) is 0.400. The first-order valence-electron chi connectivity index (χ1n) is 19.3. The summed E-state index contributed by atoms with van der Waals surface area (Å²) >= 11 is 0. The summed E-state index contributed by atoms with van der Waals surface area (Å²) in [7, 11) is 4.32. The van der Waals surface area contributed by atoms with Crippen LogP contribution in [0.25, 0.3) is 36.9 Å². The van der Waals surface area contributed by atoms with Gasteiger partial charge in [0.2, 0.25) is 5.97 Å². The first kappa shape index (κ1) is 77.6. The molecular formula is C40H49BF7N12Na2O10. The molecule has 0 heterocycles. The number of halogens is 7. The second kappa shape index (κ2) is 43.9. The average molecular weight is 1050 g/mol. The van der Waals surface area contributed by atoms with E-state index in [2.05, 4.69) is 60.1 Å². The molecule has 0 saturated carbocycles. The number of hydrogen-bond donors (Lipinski definition) is 3. The second-order valence-corrected chi connectivity index (χ2v) is 13.5. The van der Waals surface area contributed by atoms with Gasteiger partial charge in [0.15, 0.2) is 0 Å². The van der Waals surface area contributed by atoms with Crippen molar-refractivity contribution in [3.05, 3.63) is 131 Å². The largest absolute Gasteiger partial charge is 1.00 e. The topological polar surface area (TPSA) is 346 Å². The van der Waals surface area contributed by atoms with Gasteiger partial charge in [0.05, 0.1) is 11.1 Å². The van der Waals surface area contributed by atoms with Gasteiger partial charge in [-0.1, -0.05) is 47.5 Å². The van der Waals surface area contributed by atoms with E-state index in [1.54, 1.807) is 6.07 Å². The summed E-state index contributed by atoms with van der Waals surface area (Å²) < 4.78 is 94.5. The van der Waals surface area contributed by atoms with E-state index in [-0.39, 0.29) is 82.8 Å². The number of nitrogens with two attached hydrogens (primary N) is 1. The molecule has 32 heteroatoms. The zero-order valence-corrected chi connectivity index (χ0v) is 44.8. The summed E-state index contributed by atoms with van der Waals surface area (Å²) in [5, 5.41) is 12.4. The van der Waals surface area contributed by atoms with Gasteiger partial charge < -0.3 is 44.9 Å². The Morgan fingerprint density at radius 3 is 1.51 bits per heavy atom. The number of alkyl halides is 6. The number of carbonyl (C=O) groups excluding carboxylic acids is 6. The van der Waals surface area contributed by atoms with Crippen LogP contribution in [0.4, 0.5) is 46.9 Å². The number of azide groups is 2. The predicted octanol–water partition coefficient (Wildman–Crippen LogP) is 4.56. The molecule has 0 aliphatic heterocycles. The minimum Gasteiger partial charge on any atom is -0.793 e. The van der Waals surface area contributed by atoms with Crippen LogP contribution < -0.4 is 75.5 Å². The van der Waals surface area contributed by atoms with Crippen molar-refractivity contribution in [1.29, 1.82) is 0 Å². The molecule has 3 aromatic rings. The van der Waals surface area contributed by atoms with Crippen LogP contribution in [-0.2, 0) is 52.4 Å². The number of carbonyl (C=O) groups is 6. The van der Waals surface area contributed by atoms with E-state index >= 15 is 0 Å². The minimum absolute atomic E-state index is 0. The molecule has 0 saturated heterocycles. The maximum absolute atomic E-state index is 12.6. The molecule has 0 aromatic heterocycles. The zero-order chi connectivity index (χ0) is 55.1. The number of rotatable bonds is 10. The molecular weight excluding hydrogens is 998 g/mol. The molecule has 1 amide bonds. The van der Waals surface area contributed by atoms with Gasteiger partial charge in [0.1, 0.15) is 24.0 Å². The SMILES string of the molecule is CC(=O)OOC(C)=O.CCCN.Cc1cc(CNCCNC(=O)OC(C)(C)C)ccc1N=[N+]=[N-].O=Cc1ccc(F)c(C(F)(F)F)c1.[B-]OC(C)=O.[N-]=[N+]=Nc1ccc(C=O)cc1C(F)(F)F.[N-]=[N+]=[N-].[Na+].[Na+]. The van der Waals surface area contributed by atoms with Crippen molar-refractivity contribution in [2.24, 2.45) is 16.0 Å². The van der Waals surface area contributed by atoms with Crippen LogP contribution in [0.5, 0.6) is 0 Å². The number of benzene rings is 3. The van der Waals surface area contributed by atoms with Crippen LogP contribution in [0.1, 0.15) is 97.9 Å². The Morgan fingerprint density at radius 2 is 1.15 bits per heavy atom. The zero-order valence-electron chi connectivity index (χ0n) is 40.8. The fourth-order valence-electron chi connectivity index (χ4n) is 3.73. The minimum atomic E-state index is -4.76. The number of aldehydes is 2. The number of amides is 1. The number of alkyl carbamates (subject to hydrolysis) is 1. The molecule has 3 rings (SSSR count). The molecule has 0 spiro atoms. The van der Waals surface area contributed by atoms with E-state index in [0.29, 0.717) is 43.5 Å². The molecule has 0 aliphatic rings. The van der Waals surface area contributed by atoms with Gasteiger partial charge >= 0.3 is 89.5 Å². The number of aryl methyl sites for hydroxylation is 1. The Balaban J connectivity index is -0.000000192. The van der Waals surface area contributed by atoms with Gasteiger partial charge in [-0.25, -0.2) is 28.5 Å². The Labute approximate surface area is 454 Å². The Hall–Kier alpha value is -5.90. The van der Waals surface area contributed by atoms with Gasteiger partial charge in [-0.15, -0.1) is 0 Å². The molecule has 4 N–H and O–H groups in total. The van der Waals surface area contributed by atoms with Crippen LogP contribution in [0.15, 0.2) is 64.8 Å². The quantitative estimate of drug-likeness (QED) is 0.0290. The van der Waals surface area contributed by atoms with Gasteiger partial charge in [-0.2, -0.15) is 26.3 Å². The van der Waals surface area contributed by atoms with Gasteiger partial charge in [0.25, 0.3) is 0 Å². The van der Waals surface area contributed by atoms with E-state index in [9.17, 15) is 59.5 Å². The summed E-state index contributed by atoms with van der Waals surface area (Å²) in [5.41, 5.74) is 33.8. The molecule has 3 aromatic carbocycles. The second-order valence-electron chi connectivity index (χ2n) is 13.5. The monoisotopic (exact) mass is 1050 g/mol. The summed E-state index contributed by atoms with van der Waals surface area (Å²) in [4.78, 5) is 75.2. The fourth-order valence-corrected chi connectivity index (χ4v) is 3.73. The summed E-state index contributed by atoms with van der Waals surface area (Å²) in [5.74, 6) is -3.12. The van der Waals surface area contributed by atoms with Crippen molar-refractivity contribution in [3.63, 3.8) is 0 Å². The third-order valence-electron chi connectivity index (χ3n) is 6.49.